The summed E-state index contributed by atoms with van der Waals surface area (Å²) in [6, 6.07) is 69.6. The van der Waals surface area contributed by atoms with Crippen LogP contribution in [0, 0.1) is 0 Å². The van der Waals surface area contributed by atoms with Crippen LogP contribution in [0.2, 0.25) is 0 Å². The first-order chi connectivity index (χ1) is 27.0. The maximum absolute atomic E-state index is 5.09. The second-order valence-electron chi connectivity index (χ2n) is 15.0. The lowest BCUT2D eigenvalue weighted by atomic mass is 9.81. The molecule has 10 rings (SSSR count). The first kappa shape index (κ1) is 32.7. The Morgan fingerprint density at radius 3 is 1.53 bits per heavy atom. The quantitative estimate of drug-likeness (QED) is 0.172. The van der Waals surface area contributed by atoms with Crippen LogP contribution in [-0.4, -0.2) is 9.97 Å². The van der Waals surface area contributed by atoms with Crippen molar-refractivity contribution in [2.45, 2.75) is 19.3 Å². The second-order valence-corrected chi connectivity index (χ2v) is 15.0. The van der Waals surface area contributed by atoms with Crippen molar-refractivity contribution in [3.8, 4) is 78.4 Å². The van der Waals surface area contributed by atoms with Crippen LogP contribution in [0.1, 0.15) is 25.0 Å². The van der Waals surface area contributed by atoms with Crippen LogP contribution in [0.4, 0.5) is 0 Å². The Kier molecular flexibility index (Phi) is 7.85. The summed E-state index contributed by atoms with van der Waals surface area (Å²) in [5, 5.41) is 2.58. The highest BCUT2D eigenvalue weighted by molar-refractivity contribution is 5.98. The van der Waals surface area contributed by atoms with Crippen molar-refractivity contribution >= 4 is 10.8 Å². The standard InChI is InChI=1S/C53H38N2/c1-53(2)47-22-12-21-45(51(47)46-32-42-17-9-10-18-43(42)33-48(46)53)38-27-23-36(24-28-38)37-25-29-39(30-26-37)49-34-50(55-52(54-49)40-15-7-4-8-16-40)44-20-11-19-41(31-44)35-13-5-3-6-14-35/h3-34H,1-2H3. The van der Waals surface area contributed by atoms with Crippen LogP contribution in [-0.2, 0) is 5.41 Å². The van der Waals surface area contributed by atoms with Gasteiger partial charge in [0.25, 0.3) is 0 Å². The van der Waals surface area contributed by atoms with E-state index in [1.807, 2.05) is 24.3 Å². The third-order valence-electron chi connectivity index (χ3n) is 11.3. The molecule has 9 aromatic rings. The van der Waals surface area contributed by atoms with Crippen LogP contribution in [0.15, 0.2) is 194 Å². The number of nitrogens with zero attached hydrogens (tertiary/aromatic N) is 2. The molecule has 0 saturated carbocycles. The minimum absolute atomic E-state index is 0.0646. The zero-order valence-corrected chi connectivity index (χ0v) is 30.9. The number of rotatable bonds is 6. The second kappa shape index (κ2) is 13.2. The smallest absolute Gasteiger partial charge is 0.160 e. The van der Waals surface area contributed by atoms with Gasteiger partial charge in [-0.1, -0.05) is 184 Å². The maximum Gasteiger partial charge on any atom is 0.160 e. The summed E-state index contributed by atoms with van der Waals surface area (Å²) in [4.78, 5) is 10.2. The number of benzene rings is 8. The molecule has 0 N–H and O–H groups in total. The van der Waals surface area contributed by atoms with Crippen LogP contribution in [0.25, 0.3) is 89.2 Å². The Morgan fingerprint density at radius 2 is 0.836 bits per heavy atom. The van der Waals surface area contributed by atoms with E-state index in [4.69, 9.17) is 9.97 Å². The van der Waals surface area contributed by atoms with Gasteiger partial charge in [-0.05, 0) is 90.7 Å². The Balaban J connectivity index is 0.986. The summed E-state index contributed by atoms with van der Waals surface area (Å²) in [6.45, 7) is 4.72. The molecule has 0 radical (unpaired) electrons. The van der Waals surface area contributed by atoms with Gasteiger partial charge in [-0.25, -0.2) is 9.97 Å². The molecule has 0 spiro atoms. The molecule has 1 aromatic heterocycles. The van der Waals surface area contributed by atoms with E-state index in [0.717, 1.165) is 33.6 Å². The molecule has 1 aliphatic rings. The normalized spacial score (nSPS) is 12.7. The molecular weight excluding hydrogens is 665 g/mol. The van der Waals surface area contributed by atoms with Gasteiger partial charge in [0.2, 0.25) is 0 Å². The van der Waals surface area contributed by atoms with Crippen molar-refractivity contribution in [1.29, 1.82) is 0 Å². The monoisotopic (exact) mass is 702 g/mol. The highest BCUT2D eigenvalue weighted by atomic mass is 14.9. The van der Waals surface area contributed by atoms with Crippen molar-refractivity contribution in [2.24, 2.45) is 0 Å². The summed E-state index contributed by atoms with van der Waals surface area (Å²) in [7, 11) is 0. The minimum Gasteiger partial charge on any atom is -0.228 e. The van der Waals surface area contributed by atoms with Gasteiger partial charge in [0, 0.05) is 22.1 Å². The number of hydrogen-bond donors (Lipinski definition) is 0. The third-order valence-corrected chi connectivity index (χ3v) is 11.3. The molecule has 0 bridgehead atoms. The van der Waals surface area contributed by atoms with E-state index >= 15 is 0 Å². The molecular formula is C53H38N2. The van der Waals surface area contributed by atoms with E-state index < -0.39 is 0 Å². The molecule has 1 heterocycles. The molecule has 0 fully saturated rings. The molecule has 8 aromatic carbocycles. The molecule has 2 nitrogen and oxygen atoms in total. The van der Waals surface area contributed by atoms with E-state index in [0.29, 0.717) is 5.82 Å². The summed E-state index contributed by atoms with van der Waals surface area (Å²) in [6.07, 6.45) is 0. The first-order valence-electron chi connectivity index (χ1n) is 19.0. The molecule has 0 aliphatic heterocycles. The van der Waals surface area contributed by atoms with Crippen molar-refractivity contribution in [3.63, 3.8) is 0 Å². The maximum atomic E-state index is 5.09. The Bertz CT molecular complexity index is 2850. The molecule has 0 unspecified atom stereocenters. The van der Waals surface area contributed by atoms with Crippen LogP contribution < -0.4 is 0 Å². The summed E-state index contributed by atoms with van der Waals surface area (Å²) >= 11 is 0. The molecule has 1 aliphatic carbocycles. The van der Waals surface area contributed by atoms with Gasteiger partial charge in [-0.3, -0.25) is 0 Å². The molecule has 2 heteroatoms. The van der Waals surface area contributed by atoms with E-state index in [2.05, 4.69) is 184 Å². The predicted molar refractivity (Wildman–Crippen MR) is 230 cm³/mol. The molecule has 260 valence electrons. The largest absolute Gasteiger partial charge is 0.228 e. The molecule has 0 amide bonds. The van der Waals surface area contributed by atoms with E-state index in [1.165, 1.54) is 60.8 Å². The Morgan fingerprint density at radius 1 is 0.327 bits per heavy atom. The fraction of sp³-hybridized carbons (Fsp3) is 0.0566. The van der Waals surface area contributed by atoms with Crippen molar-refractivity contribution in [3.05, 3.63) is 205 Å². The zero-order chi connectivity index (χ0) is 36.9. The summed E-state index contributed by atoms with van der Waals surface area (Å²) in [5.41, 5.74) is 17.5. The van der Waals surface area contributed by atoms with E-state index in [1.54, 1.807) is 0 Å². The SMILES string of the molecule is CC1(C)c2cc3ccccc3cc2-c2c(-c3ccc(-c4ccc(-c5cc(-c6cccc(-c7ccccc7)c6)nc(-c6ccccc6)n5)cc4)cc3)cccc21. The molecule has 55 heavy (non-hydrogen) atoms. The fourth-order valence-electron chi connectivity index (χ4n) is 8.34. The highest BCUT2D eigenvalue weighted by Gasteiger charge is 2.37. The summed E-state index contributed by atoms with van der Waals surface area (Å²) < 4.78 is 0. The van der Waals surface area contributed by atoms with Crippen LogP contribution in [0.3, 0.4) is 0 Å². The van der Waals surface area contributed by atoms with Crippen LogP contribution in [0.5, 0.6) is 0 Å². The van der Waals surface area contributed by atoms with Gasteiger partial charge in [0.05, 0.1) is 11.4 Å². The van der Waals surface area contributed by atoms with Gasteiger partial charge >= 0.3 is 0 Å². The minimum atomic E-state index is -0.0646. The Hall–Kier alpha value is -6.90. The number of fused-ring (bicyclic) bond motifs is 4. The van der Waals surface area contributed by atoms with Gasteiger partial charge in [-0.2, -0.15) is 0 Å². The van der Waals surface area contributed by atoms with Gasteiger partial charge in [0.15, 0.2) is 5.82 Å². The van der Waals surface area contributed by atoms with Gasteiger partial charge in [-0.15, -0.1) is 0 Å². The molecule has 0 atom stereocenters. The van der Waals surface area contributed by atoms with Crippen molar-refractivity contribution in [2.75, 3.05) is 0 Å². The van der Waals surface area contributed by atoms with Gasteiger partial charge < -0.3 is 0 Å². The van der Waals surface area contributed by atoms with Crippen LogP contribution >= 0.6 is 0 Å². The Labute approximate surface area is 322 Å². The first-order valence-corrected chi connectivity index (χ1v) is 19.0. The van der Waals surface area contributed by atoms with E-state index in [9.17, 15) is 0 Å². The molecule has 0 saturated heterocycles. The average Bonchev–Trinajstić information content (AvgIpc) is 3.48. The zero-order valence-electron chi connectivity index (χ0n) is 30.9. The average molecular weight is 703 g/mol. The van der Waals surface area contributed by atoms with Gasteiger partial charge in [0.1, 0.15) is 0 Å². The third kappa shape index (κ3) is 5.84. The highest BCUT2D eigenvalue weighted by Crippen LogP contribution is 2.53. The lowest BCUT2D eigenvalue weighted by molar-refractivity contribution is 0.661. The topological polar surface area (TPSA) is 25.8 Å². The lowest BCUT2D eigenvalue weighted by Gasteiger charge is -2.22. The number of hydrogen-bond acceptors (Lipinski definition) is 2. The summed E-state index contributed by atoms with van der Waals surface area (Å²) in [5.74, 6) is 0.712. The van der Waals surface area contributed by atoms with Crippen molar-refractivity contribution < 1.29 is 0 Å². The van der Waals surface area contributed by atoms with Crippen molar-refractivity contribution in [1.82, 2.24) is 9.97 Å². The predicted octanol–water partition coefficient (Wildman–Crippen LogP) is 13.9. The lowest BCUT2D eigenvalue weighted by Crippen LogP contribution is -2.14. The van der Waals surface area contributed by atoms with E-state index in [-0.39, 0.29) is 5.41 Å². The number of aromatic nitrogens is 2. The fourth-order valence-corrected chi connectivity index (χ4v) is 8.34.